The minimum absolute atomic E-state index is 0.114. The molecule has 0 fully saturated rings. The predicted molar refractivity (Wildman–Crippen MR) is 85.0 cm³/mol. The summed E-state index contributed by atoms with van der Waals surface area (Å²) in [6.07, 6.45) is 0. The van der Waals surface area contributed by atoms with E-state index in [1.165, 1.54) is 4.88 Å². The molecule has 0 radical (unpaired) electrons. The van der Waals surface area contributed by atoms with Crippen LogP contribution in [0.1, 0.15) is 17.4 Å². The topological polar surface area (TPSA) is 56.1 Å². The number of amides is 1. The van der Waals surface area contributed by atoms with E-state index in [1.807, 2.05) is 30.3 Å². The molecule has 0 saturated heterocycles. The van der Waals surface area contributed by atoms with Crippen molar-refractivity contribution in [2.75, 3.05) is 12.4 Å². The summed E-state index contributed by atoms with van der Waals surface area (Å²) in [5, 5.41) is 13.9. The Morgan fingerprint density at radius 2 is 2.14 bits per heavy atom. The smallest absolute Gasteiger partial charge is 0.241 e. The molecule has 0 aliphatic carbocycles. The number of nitrogens with zero attached hydrogens (tertiary/aromatic N) is 2. The van der Waals surface area contributed by atoms with Crippen LogP contribution in [0.2, 0.25) is 0 Å². The molecule has 5 heteroatoms. The quantitative estimate of drug-likeness (QED) is 0.923. The Balaban J connectivity index is 2.01. The molecule has 0 spiro atoms. The number of anilines is 1. The second kappa shape index (κ2) is 7.02. The highest BCUT2D eigenvalue weighted by molar-refractivity contribution is 7.09. The van der Waals surface area contributed by atoms with Gasteiger partial charge in [0.2, 0.25) is 5.91 Å². The van der Waals surface area contributed by atoms with Crippen LogP contribution in [0, 0.1) is 11.3 Å². The van der Waals surface area contributed by atoms with Crippen molar-refractivity contribution in [2.24, 2.45) is 0 Å². The van der Waals surface area contributed by atoms with Gasteiger partial charge in [-0.25, -0.2) is 0 Å². The van der Waals surface area contributed by atoms with E-state index in [0.29, 0.717) is 11.3 Å². The molecule has 4 nitrogen and oxygen atoms in total. The fraction of sp³-hybridized carbons (Fsp3) is 0.250. The Labute approximate surface area is 128 Å². The number of thiophene rings is 1. The monoisotopic (exact) mass is 299 g/mol. The molecular weight excluding hydrogens is 282 g/mol. The highest BCUT2D eigenvalue weighted by Crippen LogP contribution is 2.16. The third kappa shape index (κ3) is 3.91. The van der Waals surface area contributed by atoms with E-state index >= 15 is 0 Å². The van der Waals surface area contributed by atoms with Gasteiger partial charge in [0.05, 0.1) is 17.3 Å². The van der Waals surface area contributed by atoms with Gasteiger partial charge in [-0.05, 0) is 37.6 Å². The van der Waals surface area contributed by atoms with Crippen LogP contribution >= 0.6 is 11.3 Å². The standard InChI is InChI=1S/C16H17N3OS/c1-12(19(2)11-14-7-5-9-21-14)16(20)18-15-8-4-3-6-13(15)10-17/h3-9,12H,11H2,1-2H3,(H,18,20)/t12-/m0/s1. The first-order valence-electron chi connectivity index (χ1n) is 6.64. The molecule has 2 aromatic rings. The Bertz CT molecular complexity index is 646. The van der Waals surface area contributed by atoms with E-state index in [1.54, 1.807) is 35.6 Å². The molecule has 1 heterocycles. The van der Waals surface area contributed by atoms with Gasteiger partial charge in [0.15, 0.2) is 0 Å². The lowest BCUT2D eigenvalue weighted by Crippen LogP contribution is -2.39. The highest BCUT2D eigenvalue weighted by atomic mass is 32.1. The summed E-state index contributed by atoms with van der Waals surface area (Å²) in [6, 6.07) is 12.9. The zero-order valence-electron chi connectivity index (χ0n) is 12.0. The lowest BCUT2D eigenvalue weighted by molar-refractivity contribution is -0.120. The first kappa shape index (κ1) is 15.2. The van der Waals surface area contributed by atoms with Crippen LogP contribution in [-0.4, -0.2) is 23.9 Å². The number of rotatable bonds is 5. The Hall–Kier alpha value is -2.16. The fourth-order valence-corrected chi connectivity index (χ4v) is 2.68. The highest BCUT2D eigenvalue weighted by Gasteiger charge is 2.19. The van der Waals surface area contributed by atoms with Crippen molar-refractivity contribution in [3.05, 3.63) is 52.2 Å². The summed E-state index contributed by atoms with van der Waals surface area (Å²) < 4.78 is 0. The SMILES string of the molecule is C[C@@H](C(=O)Nc1ccccc1C#N)N(C)Cc1cccs1. The molecule has 108 valence electrons. The normalized spacial score (nSPS) is 11.9. The molecule has 0 saturated carbocycles. The van der Waals surface area contributed by atoms with Crippen LogP contribution in [-0.2, 0) is 11.3 Å². The van der Waals surface area contributed by atoms with E-state index in [2.05, 4.69) is 17.5 Å². The molecule has 0 bridgehead atoms. The van der Waals surface area contributed by atoms with Crippen molar-refractivity contribution in [3.8, 4) is 6.07 Å². The molecule has 21 heavy (non-hydrogen) atoms. The van der Waals surface area contributed by atoms with E-state index in [0.717, 1.165) is 6.54 Å². The number of carbonyl (C=O) groups is 1. The maximum atomic E-state index is 12.3. The van der Waals surface area contributed by atoms with Crippen LogP contribution in [0.5, 0.6) is 0 Å². The average Bonchev–Trinajstić information content (AvgIpc) is 2.99. The van der Waals surface area contributed by atoms with E-state index in [9.17, 15) is 4.79 Å². The summed E-state index contributed by atoms with van der Waals surface area (Å²) in [6.45, 7) is 2.59. The zero-order valence-corrected chi connectivity index (χ0v) is 12.9. The van der Waals surface area contributed by atoms with Crippen molar-refractivity contribution in [1.29, 1.82) is 5.26 Å². The third-order valence-electron chi connectivity index (χ3n) is 3.33. The molecule has 0 aliphatic heterocycles. The summed E-state index contributed by atoms with van der Waals surface area (Å²) in [5.41, 5.74) is 1.03. The van der Waals surface area contributed by atoms with Crippen molar-refractivity contribution < 1.29 is 4.79 Å². The average molecular weight is 299 g/mol. The number of hydrogen-bond acceptors (Lipinski definition) is 4. The third-order valence-corrected chi connectivity index (χ3v) is 4.19. The van der Waals surface area contributed by atoms with Crippen LogP contribution < -0.4 is 5.32 Å². The van der Waals surface area contributed by atoms with Crippen LogP contribution in [0.4, 0.5) is 5.69 Å². The molecule has 0 aliphatic rings. The maximum Gasteiger partial charge on any atom is 0.241 e. The molecular formula is C16H17N3OS. The zero-order chi connectivity index (χ0) is 15.2. The van der Waals surface area contributed by atoms with Gasteiger partial charge in [0.1, 0.15) is 6.07 Å². The first-order valence-corrected chi connectivity index (χ1v) is 7.52. The second-order valence-electron chi connectivity index (χ2n) is 4.82. The summed E-state index contributed by atoms with van der Waals surface area (Å²) in [4.78, 5) is 15.5. The Kier molecular flexibility index (Phi) is 5.09. The minimum atomic E-state index is -0.279. The van der Waals surface area contributed by atoms with Gasteiger partial charge in [0, 0.05) is 11.4 Å². The molecule has 1 atom stereocenters. The molecule has 2 rings (SSSR count). The van der Waals surface area contributed by atoms with Crippen molar-refractivity contribution >= 4 is 22.9 Å². The number of carbonyl (C=O) groups excluding carboxylic acids is 1. The Morgan fingerprint density at radius 1 is 1.38 bits per heavy atom. The minimum Gasteiger partial charge on any atom is -0.324 e. The second-order valence-corrected chi connectivity index (χ2v) is 5.85. The maximum absolute atomic E-state index is 12.3. The lowest BCUT2D eigenvalue weighted by atomic mass is 10.2. The van der Waals surface area contributed by atoms with Gasteiger partial charge in [-0.2, -0.15) is 5.26 Å². The number of para-hydroxylation sites is 1. The van der Waals surface area contributed by atoms with Gasteiger partial charge >= 0.3 is 0 Å². The number of benzene rings is 1. The first-order chi connectivity index (χ1) is 10.1. The van der Waals surface area contributed by atoms with Gasteiger partial charge < -0.3 is 5.32 Å². The number of hydrogen-bond donors (Lipinski definition) is 1. The van der Waals surface area contributed by atoms with Crippen LogP contribution in [0.15, 0.2) is 41.8 Å². The predicted octanol–water partition coefficient (Wildman–Crippen LogP) is 3.08. The van der Waals surface area contributed by atoms with Crippen molar-refractivity contribution in [1.82, 2.24) is 4.90 Å². The van der Waals surface area contributed by atoms with Crippen molar-refractivity contribution in [2.45, 2.75) is 19.5 Å². The van der Waals surface area contributed by atoms with Gasteiger partial charge in [-0.1, -0.05) is 18.2 Å². The van der Waals surface area contributed by atoms with Crippen molar-refractivity contribution in [3.63, 3.8) is 0 Å². The van der Waals surface area contributed by atoms with Crippen LogP contribution in [0.25, 0.3) is 0 Å². The Morgan fingerprint density at radius 3 is 2.81 bits per heavy atom. The van der Waals surface area contributed by atoms with E-state index < -0.39 is 0 Å². The van der Waals surface area contributed by atoms with Crippen LogP contribution in [0.3, 0.4) is 0 Å². The summed E-state index contributed by atoms with van der Waals surface area (Å²) in [7, 11) is 1.92. The summed E-state index contributed by atoms with van der Waals surface area (Å²) in [5.74, 6) is -0.114. The molecule has 1 aromatic heterocycles. The van der Waals surface area contributed by atoms with E-state index in [4.69, 9.17) is 5.26 Å². The fourth-order valence-electron chi connectivity index (χ4n) is 1.91. The lowest BCUT2D eigenvalue weighted by Gasteiger charge is -2.23. The molecule has 1 aromatic carbocycles. The molecule has 1 N–H and O–H groups in total. The van der Waals surface area contributed by atoms with Gasteiger partial charge in [-0.15, -0.1) is 11.3 Å². The molecule has 0 unspecified atom stereocenters. The number of nitriles is 1. The van der Waals surface area contributed by atoms with Gasteiger partial charge in [0.25, 0.3) is 0 Å². The summed E-state index contributed by atoms with van der Waals surface area (Å²) >= 11 is 1.67. The molecule has 1 amide bonds. The number of likely N-dealkylation sites (N-methyl/N-ethyl adjacent to an activating group) is 1. The van der Waals surface area contributed by atoms with Gasteiger partial charge in [-0.3, -0.25) is 9.69 Å². The number of nitrogens with one attached hydrogen (secondary N) is 1. The largest absolute Gasteiger partial charge is 0.324 e. The van der Waals surface area contributed by atoms with E-state index in [-0.39, 0.29) is 11.9 Å².